The van der Waals surface area contributed by atoms with E-state index < -0.39 is 0 Å². The fourth-order valence-corrected chi connectivity index (χ4v) is 3.16. The molecule has 0 aromatic heterocycles. The molecule has 3 rings (SSSR count). The van der Waals surface area contributed by atoms with Gasteiger partial charge < -0.3 is 19.5 Å². The lowest BCUT2D eigenvalue weighted by Crippen LogP contribution is -2.32. The van der Waals surface area contributed by atoms with Gasteiger partial charge in [-0.3, -0.25) is 4.79 Å². The molecular formula is C20H23NO4. The van der Waals surface area contributed by atoms with E-state index in [-0.39, 0.29) is 11.9 Å². The van der Waals surface area contributed by atoms with Crippen LogP contribution in [0.15, 0.2) is 42.5 Å². The molecule has 25 heavy (non-hydrogen) atoms. The van der Waals surface area contributed by atoms with Crippen molar-refractivity contribution in [3.63, 3.8) is 0 Å². The zero-order valence-electron chi connectivity index (χ0n) is 14.6. The van der Waals surface area contributed by atoms with Crippen LogP contribution in [0.2, 0.25) is 0 Å². The van der Waals surface area contributed by atoms with Crippen LogP contribution in [0.3, 0.4) is 0 Å². The van der Waals surface area contributed by atoms with E-state index in [9.17, 15) is 4.79 Å². The third kappa shape index (κ3) is 3.87. The second-order valence-corrected chi connectivity index (χ2v) is 5.95. The average molecular weight is 341 g/mol. The number of ether oxygens (including phenoxy) is 3. The first kappa shape index (κ1) is 17.1. The highest BCUT2D eigenvalue weighted by Crippen LogP contribution is 2.33. The number of nitrogens with one attached hydrogen (secondary N) is 1. The zero-order chi connectivity index (χ0) is 17.6. The van der Waals surface area contributed by atoms with Gasteiger partial charge in [-0.1, -0.05) is 30.3 Å². The lowest BCUT2D eigenvalue weighted by Gasteiger charge is -2.26. The zero-order valence-corrected chi connectivity index (χ0v) is 14.6. The summed E-state index contributed by atoms with van der Waals surface area (Å²) in [6.07, 6.45) is 1.77. The summed E-state index contributed by atoms with van der Waals surface area (Å²) in [7, 11) is 3.22. The maximum atomic E-state index is 12.4. The Balaban J connectivity index is 1.63. The summed E-state index contributed by atoms with van der Waals surface area (Å²) >= 11 is 0. The SMILES string of the molecule is COc1cccc(CCC(=O)N[C@@H]2CCOc3ccccc32)c1OC. The van der Waals surface area contributed by atoms with E-state index in [4.69, 9.17) is 14.2 Å². The maximum absolute atomic E-state index is 12.4. The van der Waals surface area contributed by atoms with Crippen molar-refractivity contribution in [1.29, 1.82) is 0 Å². The Bertz CT molecular complexity index is 744. The van der Waals surface area contributed by atoms with Gasteiger partial charge >= 0.3 is 0 Å². The van der Waals surface area contributed by atoms with Crippen molar-refractivity contribution in [3.8, 4) is 17.2 Å². The highest BCUT2D eigenvalue weighted by molar-refractivity contribution is 5.77. The first-order valence-electron chi connectivity index (χ1n) is 8.44. The fraction of sp³-hybridized carbons (Fsp3) is 0.350. The molecule has 0 bridgehead atoms. The predicted molar refractivity (Wildman–Crippen MR) is 95.3 cm³/mol. The predicted octanol–water partition coefficient (Wildman–Crippen LogP) is 3.28. The van der Waals surface area contributed by atoms with Crippen LogP contribution in [-0.2, 0) is 11.2 Å². The molecule has 0 aliphatic carbocycles. The second-order valence-electron chi connectivity index (χ2n) is 5.95. The second kappa shape index (κ2) is 7.92. The Labute approximate surface area is 147 Å². The van der Waals surface area contributed by atoms with Gasteiger partial charge in [-0.05, 0) is 24.1 Å². The van der Waals surface area contributed by atoms with Crippen molar-refractivity contribution in [2.24, 2.45) is 0 Å². The van der Waals surface area contributed by atoms with E-state index in [1.54, 1.807) is 14.2 Å². The number of hydrogen-bond acceptors (Lipinski definition) is 4. The van der Waals surface area contributed by atoms with Crippen LogP contribution in [0.25, 0.3) is 0 Å². The summed E-state index contributed by atoms with van der Waals surface area (Å²) in [6.45, 7) is 0.617. The minimum atomic E-state index is 0.00431. The summed E-state index contributed by atoms with van der Waals surface area (Å²) in [5, 5.41) is 3.12. The summed E-state index contributed by atoms with van der Waals surface area (Å²) in [5.74, 6) is 2.24. The van der Waals surface area contributed by atoms with Gasteiger partial charge in [-0.15, -0.1) is 0 Å². The lowest BCUT2D eigenvalue weighted by molar-refractivity contribution is -0.122. The van der Waals surface area contributed by atoms with Gasteiger partial charge in [0.25, 0.3) is 0 Å². The normalized spacial score (nSPS) is 15.7. The molecular weight excluding hydrogens is 318 g/mol. The minimum absolute atomic E-state index is 0.00431. The number of benzene rings is 2. The Morgan fingerprint density at radius 1 is 1.16 bits per heavy atom. The highest BCUT2D eigenvalue weighted by atomic mass is 16.5. The summed E-state index contributed by atoms with van der Waals surface area (Å²) in [5.41, 5.74) is 2.01. The topological polar surface area (TPSA) is 56.8 Å². The Kier molecular flexibility index (Phi) is 5.43. The van der Waals surface area contributed by atoms with Crippen molar-refractivity contribution >= 4 is 5.91 Å². The molecule has 1 heterocycles. The third-order valence-corrected chi connectivity index (χ3v) is 4.40. The fourth-order valence-electron chi connectivity index (χ4n) is 3.16. The third-order valence-electron chi connectivity index (χ3n) is 4.40. The van der Waals surface area contributed by atoms with Gasteiger partial charge in [-0.25, -0.2) is 0 Å². The summed E-state index contributed by atoms with van der Waals surface area (Å²) in [6, 6.07) is 13.6. The van der Waals surface area contributed by atoms with Crippen LogP contribution in [0.1, 0.15) is 30.0 Å². The molecule has 0 unspecified atom stereocenters. The number of para-hydroxylation sites is 2. The Morgan fingerprint density at radius 3 is 2.80 bits per heavy atom. The van der Waals surface area contributed by atoms with E-state index in [1.807, 2.05) is 42.5 Å². The van der Waals surface area contributed by atoms with E-state index in [1.165, 1.54) is 0 Å². The Hall–Kier alpha value is -2.69. The Morgan fingerprint density at radius 2 is 2.00 bits per heavy atom. The average Bonchev–Trinajstić information content (AvgIpc) is 2.66. The molecule has 1 atom stereocenters. The number of amides is 1. The maximum Gasteiger partial charge on any atom is 0.220 e. The van der Waals surface area contributed by atoms with Gasteiger partial charge in [0, 0.05) is 18.4 Å². The summed E-state index contributed by atoms with van der Waals surface area (Å²) < 4.78 is 16.4. The van der Waals surface area contributed by atoms with Gasteiger partial charge in [0.15, 0.2) is 11.5 Å². The molecule has 0 spiro atoms. The number of fused-ring (bicyclic) bond motifs is 1. The van der Waals surface area contributed by atoms with Crippen LogP contribution in [0.5, 0.6) is 17.2 Å². The van der Waals surface area contributed by atoms with Gasteiger partial charge in [0.2, 0.25) is 5.91 Å². The molecule has 0 fully saturated rings. The largest absolute Gasteiger partial charge is 0.493 e. The summed E-state index contributed by atoms with van der Waals surface area (Å²) in [4.78, 5) is 12.4. The van der Waals surface area contributed by atoms with Crippen molar-refractivity contribution in [3.05, 3.63) is 53.6 Å². The van der Waals surface area contributed by atoms with Crippen molar-refractivity contribution in [2.45, 2.75) is 25.3 Å². The number of hydrogen-bond donors (Lipinski definition) is 1. The molecule has 1 N–H and O–H groups in total. The van der Waals surface area contributed by atoms with E-state index in [0.29, 0.717) is 30.9 Å². The molecule has 1 aliphatic rings. The van der Waals surface area contributed by atoms with Gasteiger partial charge in [0.05, 0.1) is 26.9 Å². The molecule has 5 nitrogen and oxygen atoms in total. The van der Waals surface area contributed by atoms with Crippen LogP contribution in [0, 0.1) is 0 Å². The van der Waals surface area contributed by atoms with Crippen LogP contribution in [-0.4, -0.2) is 26.7 Å². The van der Waals surface area contributed by atoms with Crippen LogP contribution in [0.4, 0.5) is 0 Å². The number of methoxy groups -OCH3 is 2. The molecule has 2 aromatic rings. The lowest BCUT2D eigenvalue weighted by atomic mass is 10.00. The smallest absolute Gasteiger partial charge is 0.220 e. The molecule has 2 aromatic carbocycles. The molecule has 0 saturated carbocycles. The molecule has 5 heteroatoms. The van der Waals surface area contributed by atoms with Gasteiger partial charge in [0.1, 0.15) is 5.75 Å². The molecule has 0 saturated heterocycles. The van der Waals surface area contributed by atoms with E-state index in [2.05, 4.69) is 5.32 Å². The number of carbonyl (C=O) groups excluding carboxylic acids is 1. The standard InChI is InChI=1S/C20H23NO4/c1-23-18-9-5-6-14(20(18)24-2)10-11-19(22)21-16-12-13-25-17-8-4-3-7-15(16)17/h3-9,16H,10-13H2,1-2H3,(H,21,22)/t16-/m1/s1. The molecule has 0 radical (unpaired) electrons. The van der Waals surface area contributed by atoms with E-state index >= 15 is 0 Å². The number of aryl methyl sites for hydroxylation is 1. The first-order chi connectivity index (χ1) is 12.2. The quantitative estimate of drug-likeness (QED) is 0.876. The minimum Gasteiger partial charge on any atom is -0.493 e. The van der Waals surface area contributed by atoms with Crippen LogP contribution < -0.4 is 19.5 Å². The van der Waals surface area contributed by atoms with E-state index in [0.717, 1.165) is 23.3 Å². The van der Waals surface area contributed by atoms with Crippen molar-refractivity contribution in [1.82, 2.24) is 5.32 Å². The number of carbonyl (C=O) groups is 1. The molecule has 1 amide bonds. The number of rotatable bonds is 6. The van der Waals surface area contributed by atoms with Crippen molar-refractivity contribution < 1.29 is 19.0 Å². The highest BCUT2D eigenvalue weighted by Gasteiger charge is 2.22. The molecule has 132 valence electrons. The van der Waals surface area contributed by atoms with Crippen LogP contribution >= 0.6 is 0 Å². The van der Waals surface area contributed by atoms with Crippen molar-refractivity contribution in [2.75, 3.05) is 20.8 Å². The first-order valence-corrected chi connectivity index (χ1v) is 8.44. The molecule has 1 aliphatic heterocycles. The monoisotopic (exact) mass is 341 g/mol. The van der Waals surface area contributed by atoms with Gasteiger partial charge in [-0.2, -0.15) is 0 Å².